The zero-order chi connectivity index (χ0) is 18.7. The molecule has 1 atom stereocenters. The first-order valence-corrected chi connectivity index (χ1v) is 9.72. The van der Waals surface area contributed by atoms with Crippen molar-refractivity contribution in [3.8, 4) is 17.1 Å². The molecule has 0 spiro atoms. The van der Waals surface area contributed by atoms with Crippen molar-refractivity contribution in [2.45, 2.75) is 25.4 Å². The van der Waals surface area contributed by atoms with Crippen molar-refractivity contribution in [1.82, 2.24) is 15.6 Å². The molecule has 2 heterocycles. The molecule has 1 aromatic heterocycles. The average Bonchev–Trinajstić information content (AvgIpc) is 3.03. The lowest BCUT2D eigenvalue weighted by Gasteiger charge is -2.15. The van der Waals surface area contributed by atoms with Crippen LogP contribution < -0.4 is 15.4 Å². The number of carbonyl (C=O) groups is 1. The molecule has 1 aliphatic rings. The summed E-state index contributed by atoms with van der Waals surface area (Å²) in [5.41, 5.74) is 2.19. The van der Waals surface area contributed by atoms with E-state index < -0.39 is 0 Å². The summed E-state index contributed by atoms with van der Waals surface area (Å²) >= 11 is 16.3. The van der Waals surface area contributed by atoms with E-state index in [-0.39, 0.29) is 11.9 Å². The first-order valence-electron chi connectivity index (χ1n) is 8.17. The van der Waals surface area contributed by atoms with Crippen molar-refractivity contribution in [1.29, 1.82) is 0 Å². The van der Waals surface area contributed by atoms with Crippen LogP contribution in [0.2, 0.25) is 10.0 Å². The Morgan fingerprint density at radius 3 is 2.92 bits per heavy atom. The first-order chi connectivity index (χ1) is 12.5. The zero-order valence-electron chi connectivity index (χ0n) is 14.1. The number of hydrogen-bond acceptors (Lipinski definition) is 4. The highest BCUT2D eigenvalue weighted by atomic mass is 79.9. The maximum absolute atomic E-state index is 11.3. The van der Waals surface area contributed by atoms with E-state index in [1.807, 2.05) is 18.2 Å². The summed E-state index contributed by atoms with van der Waals surface area (Å²) < 4.78 is 6.23. The molecule has 0 aliphatic carbocycles. The summed E-state index contributed by atoms with van der Waals surface area (Å²) in [6.45, 7) is 1.16. The molecule has 5 nitrogen and oxygen atoms in total. The zero-order valence-corrected chi connectivity index (χ0v) is 17.2. The van der Waals surface area contributed by atoms with Gasteiger partial charge in [0.15, 0.2) is 0 Å². The first kappa shape index (κ1) is 19.4. The smallest absolute Gasteiger partial charge is 0.220 e. The Morgan fingerprint density at radius 2 is 2.23 bits per heavy atom. The van der Waals surface area contributed by atoms with Crippen molar-refractivity contribution in [3.63, 3.8) is 0 Å². The van der Waals surface area contributed by atoms with E-state index in [4.69, 9.17) is 27.9 Å². The number of aromatic nitrogens is 1. The highest BCUT2D eigenvalue weighted by Crippen LogP contribution is 2.36. The number of amides is 1. The number of hydrogen-bond donors (Lipinski definition) is 2. The minimum atomic E-state index is 0.101. The minimum absolute atomic E-state index is 0.101. The summed E-state index contributed by atoms with van der Waals surface area (Å²) in [5, 5.41) is 7.35. The van der Waals surface area contributed by atoms with Gasteiger partial charge in [0.05, 0.1) is 22.8 Å². The van der Waals surface area contributed by atoms with Gasteiger partial charge in [0, 0.05) is 41.2 Å². The maximum atomic E-state index is 11.3. The number of halogens is 3. The molecular weight excluding hydrogens is 441 g/mol. The van der Waals surface area contributed by atoms with Crippen molar-refractivity contribution < 1.29 is 9.53 Å². The predicted octanol–water partition coefficient (Wildman–Crippen LogP) is 4.19. The van der Waals surface area contributed by atoms with Crippen LogP contribution in [0.5, 0.6) is 5.88 Å². The topological polar surface area (TPSA) is 63.2 Å². The summed E-state index contributed by atoms with van der Waals surface area (Å²) in [7, 11) is 1.56. The van der Waals surface area contributed by atoms with Crippen LogP contribution in [-0.2, 0) is 11.3 Å². The second-order valence-corrected chi connectivity index (χ2v) is 7.65. The second-order valence-electron chi connectivity index (χ2n) is 6.01. The van der Waals surface area contributed by atoms with Crippen LogP contribution in [0.1, 0.15) is 18.4 Å². The Balaban J connectivity index is 1.79. The Hall–Kier alpha value is -1.34. The Bertz CT molecular complexity index is 832. The quantitative estimate of drug-likeness (QED) is 0.681. The normalized spacial score (nSPS) is 16.6. The van der Waals surface area contributed by atoms with Crippen LogP contribution in [0.3, 0.4) is 0 Å². The third-order valence-corrected chi connectivity index (χ3v) is 5.86. The van der Waals surface area contributed by atoms with Crippen molar-refractivity contribution in [2.75, 3.05) is 13.7 Å². The molecule has 26 heavy (non-hydrogen) atoms. The van der Waals surface area contributed by atoms with Gasteiger partial charge in [0.1, 0.15) is 0 Å². The number of benzene rings is 1. The lowest BCUT2D eigenvalue weighted by Crippen LogP contribution is -2.35. The number of carbonyl (C=O) groups excluding carboxylic acids is 1. The van der Waals surface area contributed by atoms with Gasteiger partial charge in [0.25, 0.3) is 0 Å². The fraction of sp³-hybridized carbons (Fsp3) is 0.333. The van der Waals surface area contributed by atoms with Crippen LogP contribution in [-0.4, -0.2) is 30.6 Å². The lowest BCUT2D eigenvalue weighted by atomic mass is 10.1. The number of nitrogens with one attached hydrogen (secondary N) is 2. The summed E-state index contributed by atoms with van der Waals surface area (Å²) in [4.78, 5) is 15.8. The molecule has 8 heteroatoms. The van der Waals surface area contributed by atoms with E-state index >= 15 is 0 Å². The maximum Gasteiger partial charge on any atom is 0.220 e. The molecule has 1 aromatic carbocycles. The van der Waals surface area contributed by atoms with E-state index in [1.54, 1.807) is 13.2 Å². The fourth-order valence-electron chi connectivity index (χ4n) is 2.89. The largest absolute Gasteiger partial charge is 0.481 e. The van der Waals surface area contributed by atoms with Gasteiger partial charge < -0.3 is 15.4 Å². The molecule has 2 N–H and O–H groups in total. The van der Waals surface area contributed by atoms with Crippen molar-refractivity contribution in [2.24, 2.45) is 0 Å². The molecule has 1 unspecified atom stereocenters. The van der Waals surface area contributed by atoms with Crippen molar-refractivity contribution >= 4 is 45.0 Å². The molecular formula is C18H18BrCl2N3O2. The number of ether oxygens (including phenoxy) is 1. The standard InChI is InChI=1S/C18H18BrCl2N3O2/c1-26-18-12(9-22-8-10-5-6-16(25)23-10)14(20)7-15(24-18)11-3-2-4-13(19)17(11)21/h2-4,7,10,22H,5-6,8-9H2,1H3,(H,23,25). The SMILES string of the molecule is COc1nc(-c2cccc(Br)c2Cl)cc(Cl)c1CNCC1CCC(=O)N1. The van der Waals surface area contributed by atoms with E-state index in [0.717, 1.165) is 22.0 Å². The van der Waals surface area contributed by atoms with Crippen LogP contribution in [0.15, 0.2) is 28.7 Å². The van der Waals surface area contributed by atoms with Gasteiger partial charge >= 0.3 is 0 Å². The van der Waals surface area contributed by atoms with Crippen LogP contribution >= 0.6 is 39.1 Å². The van der Waals surface area contributed by atoms with Gasteiger partial charge in [-0.05, 0) is 34.5 Å². The third-order valence-electron chi connectivity index (χ3n) is 4.23. The molecule has 1 amide bonds. The number of methoxy groups -OCH3 is 1. The average molecular weight is 459 g/mol. The fourth-order valence-corrected chi connectivity index (χ4v) is 3.73. The van der Waals surface area contributed by atoms with Gasteiger partial charge in [-0.1, -0.05) is 35.3 Å². The number of rotatable bonds is 6. The summed E-state index contributed by atoms with van der Waals surface area (Å²) in [6.07, 6.45) is 1.43. The Morgan fingerprint density at radius 1 is 1.42 bits per heavy atom. The molecule has 1 fully saturated rings. The van der Waals surface area contributed by atoms with Crippen molar-refractivity contribution in [3.05, 3.63) is 44.3 Å². The van der Waals surface area contributed by atoms with E-state index in [1.165, 1.54) is 0 Å². The van der Waals surface area contributed by atoms with Crippen LogP contribution in [0.25, 0.3) is 11.3 Å². The number of nitrogens with zero attached hydrogens (tertiary/aromatic N) is 1. The Kier molecular flexibility index (Phi) is 6.40. The van der Waals surface area contributed by atoms with Crippen LogP contribution in [0.4, 0.5) is 0 Å². The van der Waals surface area contributed by atoms with E-state index in [2.05, 4.69) is 31.5 Å². The minimum Gasteiger partial charge on any atom is -0.481 e. The summed E-state index contributed by atoms with van der Waals surface area (Å²) in [5.74, 6) is 0.552. The summed E-state index contributed by atoms with van der Waals surface area (Å²) in [6, 6.07) is 7.57. The Labute approximate surface area is 170 Å². The van der Waals surface area contributed by atoms with Gasteiger partial charge in [0.2, 0.25) is 11.8 Å². The third kappa shape index (κ3) is 4.31. The second kappa shape index (κ2) is 8.57. The number of pyridine rings is 1. The van der Waals surface area contributed by atoms with Crippen LogP contribution in [0, 0.1) is 0 Å². The van der Waals surface area contributed by atoms with Gasteiger partial charge in [-0.25, -0.2) is 4.98 Å². The molecule has 138 valence electrons. The van der Waals surface area contributed by atoms with Gasteiger partial charge in [-0.2, -0.15) is 0 Å². The molecule has 0 saturated carbocycles. The molecule has 0 radical (unpaired) electrons. The molecule has 0 bridgehead atoms. The molecule has 3 rings (SSSR count). The molecule has 1 aliphatic heterocycles. The predicted molar refractivity (Wildman–Crippen MR) is 107 cm³/mol. The highest BCUT2D eigenvalue weighted by molar-refractivity contribution is 9.10. The van der Waals surface area contributed by atoms with E-state index in [9.17, 15) is 4.79 Å². The molecule has 1 saturated heterocycles. The van der Waals surface area contributed by atoms with Gasteiger partial charge in [-0.15, -0.1) is 0 Å². The lowest BCUT2D eigenvalue weighted by molar-refractivity contribution is -0.119. The molecule has 2 aromatic rings. The van der Waals surface area contributed by atoms with E-state index in [0.29, 0.717) is 41.1 Å². The van der Waals surface area contributed by atoms with Gasteiger partial charge in [-0.3, -0.25) is 4.79 Å². The monoisotopic (exact) mass is 457 g/mol. The highest BCUT2D eigenvalue weighted by Gasteiger charge is 2.21.